The van der Waals surface area contributed by atoms with E-state index in [1.165, 1.54) is 0 Å². The van der Waals surface area contributed by atoms with Gasteiger partial charge in [-0.05, 0) is 55.3 Å². The molecule has 0 fully saturated rings. The van der Waals surface area contributed by atoms with E-state index in [1.807, 2.05) is 80.6 Å². The lowest BCUT2D eigenvalue weighted by Crippen LogP contribution is -2.08. The Kier molecular flexibility index (Phi) is 6.26. The van der Waals surface area contributed by atoms with Crippen LogP contribution in [-0.4, -0.2) is 19.6 Å². The Balaban J connectivity index is 1.74. The molecule has 5 heteroatoms. The van der Waals surface area contributed by atoms with Crippen molar-refractivity contribution in [2.24, 2.45) is 0 Å². The summed E-state index contributed by atoms with van der Waals surface area (Å²) in [5.41, 5.74) is 5.04. The first-order valence-electron chi connectivity index (χ1n) is 10.5. The molecule has 0 spiro atoms. The van der Waals surface area contributed by atoms with Crippen LogP contribution in [0.15, 0.2) is 83.5 Å². The number of amides is 1. The molecule has 0 aliphatic carbocycles. The number of ether oxygens (including phenoxy) is 2. The average Bonchev–Trinajstić information content (AvgIpc) is 3.22. The number of hydrogen-bond acceptors (Lipinski definition) is 4. The maximum absolute atomic E-state index is 12.6. The molecule has 162 valence electrons. The molecule has 0 saturated heterocycles. The minimum absolute atomic E-state index is 0.198. The summed E-state index contributed by atoms with van der Waals surface area (Å²) in [7, 11) is 1.65. The molecule has 0 aliphatic heterocycles. The highest BCUT2D eigenvalue weighted by atomic mass is 16.5. The molecule has 4 aromatic rings. The quantitative estimate of drug-likeness (QED) is 0.340. The summed E-state index contributed by atoms with van der Waals surface area (Å²) in [6, 6.07) is 21.1. The van der Waals surface area contributed by atoms with E-state index in [2.05, 4.69) is 5.32 Å². The van der Waals surface area contributed by atoms with Crippen molar-refractivity contribution in [2.75, 3.05) is 19.0 Å². The van der Waals surface area contributed by atoms with Crippen molar-refractivity contribution >= 4 is 28.1 Å². The Morgan fingerprint density at radius 2 is 1.88 bits per heavy atom. The van der Waals surface area contributed by atoms with Gasteiger partial charge in [-0.1, -0.05) is 30.3 Å². The van der Waals surface area contributed by atoms with Crippen LogP contribution in [0.4, 0.5) is 5.69 Å². The summed E-state index contributed by atoms with van der Waals surface area (Å²) in [6.45, 7) is 4.34. The van der Waals surface area contributed by atoms with Gasteiger partial charge in [0.15, 0.2) is 0 Å². The van der Waals surface area contributed by atoms with Crippen molar-refractivity contribution in [3.05, 3.63) is 84.6 Å². The molecule has 3 aromatic carbocycles. The zero-order chi connectivity index (χ0) is 22.5. The van der Waals surface area contributed by atoms with Crippen LogP contribution in [0.2, 0.25) is 0 Å². The molecule has 1 aromatic heterocycles. The Morgan fingerprint density at radius 3 is 2.62 bits per heavy atom. The molecule has 5 nitrogen and oxygen atoms in total. The third-order valence-corrected chi connectivity index (χ3v) is 5.17. The first kappa shape index (κ1) is 21.2. The second-order valence-corrected chi connectivity index (χ2v) is 7.34. The van der Waals surface area contributed by atoms with Crippen LogP contribution < -0.4 is 14.8 Å². The van der Waals surface area contributed by atoms with E-state index in [9.17, 15) is 4.79 Å². The van der Waals surface area contributed by atoms with Gasteiger partial charge in [0.2, 0.25) is 5.91 Å². The largest absolute Gasteiger partial charge is 0.497 e. The van der Waals surface area contributed by atoms with E-state index in [-0.39, 0.29) is 5.91 Å². The second-order valence-electron chi connectivity index (χ2n) is 7.34. The lowest BCUT2D eigenvalue weighted by Gasteiger charge is -2.12. The molecule has 1 N–H and O–H groups in total. The number of anilines is 1. The number of furan rings is 1. The number of para-hydroxylation sites is 1. The number of rotatable bonds is 7. The zero-order valence-electron chi connectivity index (χ0n) is 18.3. The minimum Gasteiger partial charge on any atom is -0.497 e. The Bertz CT molecular complexity index is 1270. The van der Waals surface area contributed by atoms with Gasteiger partial charge in [-0.25, -0.2) is 0 Å². The SMILES string of the molecule is CCOc1cc2occ(-c3cccc(OC)c3)c2cc1/C(C)=C/C(=O)Nc1ccccc1. The molecular formula is C27H25NO4. The van der Waals surface area contributed by atoms with Gasteiger partial charge in [0.1, 0.15) is 17.1 Å². The van der Waals surface area contributed by atoms with E-state index in [1.54, 1.807) is 19.4 Å². The molecule has 1 amide bonds. The third kappa shape index (κ3) is 4.52. The molecule has 0 aliphatic rings. The molecule has 0 unspecified atom stereocenters. The van der Waals surface area contributed by atoms with Gasteiger partial charge >= 0.3 is 0 Å². The van der Waals surface area contributed by atoms with Crippen LogP contribution in [0.1, 0.15) is 19.4 Å². The number of methoxy groups -OCH3 is 1. The van der Waals surface area contributed by atoms with E-state index in [4.69, 9.17) is 13.9 Å². The van der Waals surface area contributed by atoms with Gasteiger partial charge in [0, 0.05) is 34.3 Å². The average molecular weight is 428 g/mol. The zero-order valence-corrected chi connectivity index (χ0v) is 18.3. The van der Waals surface area contributed by atoms with Crippen molar-refractivity contribution in [3.8, 4) is 22.6 Å². The molecule has 0 atom stereocenters. The number of benzene rings is 3. The van der Waals surface area contributed by atoms with Crippen LogP contribution in [0.3, 0.4) is 0 Å². The summed E-state index contributed by atoms with van der Waals surface area (Å²) in [5.74, 6) is 1.25. The molecule has 0 saturated carbocycles. The smallest absolute Gasteiger partial charge is 0.248 e. The Morgan fingerprint density at radius 1 is 1.06 bits per heavy atom. The number of nitrogens with one attached hydrogen (secondary N) is 1. The van der Waals surface area contributed by atoms with Gasteiger partial charge in [-0.3, -0.25) is 4.79 Å². The van der Waals surface area contributed by atoms with E-state index < -0.39 is 0 Å². The first-order valence-corrected chi connectivity index (χ1v) is 10.5. The number of fused-ring (bicyclic) bond motifs is 1. The Hall–Kier alpha value is -3.99. The summed E-state index contributed by atoms with van der Waals surface area (Å²) in [5, 5.41) is 3.83. The molecule has 1 heterocycles. The van der Waals surface area contributed by atoms with Crippen LogP contribution in [0.5, 0.6) is 11.5 Å². The monoisotopic (exact) mass is 427 g/mol. The predicted molar refractivity (Wildman–Crippen MR) is 128 cm³/mol. The predicted octanol–water partition coefficient (Wildman–Crippen LogP) is 6.55. The van der Waals surface area contributed by atoms with Crippen LogP contribution in [0, 0.1) is 0 Å². The summed E-state index contributed by atoms with van der Waals surface area (Å²) in [4.78, 5) is 12.6. The highest BCUT2D eigenvalue weighted by Crippen LogP contribution is 2.38. The lowest BCUT2D eigenvalue weighted by atomic mass is 9.99. The molecule has 0 radical (unpaired) electrons. The van der Waals surface area contributed by atoms with E-state index in [0.717, 1.165) is 44.7 Å². The van der Waals surface area contributed by atoms with E-state index >= 15 is 0 Å². The van der Waals surface area contributed by atoms with Gasteiger partial charge in [-0.15, -0.1) is 0 Å². The van der Waals surface area contributed by atoms with Gasteiger partial charge in [0.05, 0.1) is 20.0 Å². The minimum atomic E-state index is -0.198. The molecule has 0 bridgehead atoms. The van der Waals surface area contributed by atoms with Crippen molar-refractivity contribution < 1.29 is 18.7 Å². The highest BCUT2D eigenvalue weighted by molar-refractivity contribution is 6.05. The van der Waals surface area contributed by atoms with Gasteiger partial charge in [-0.2, -0.15) is 0 Å². The highest BCUT2D eigenvalue weighted by Gasteiger charge is 2.15. The number of hydrogen-bond donors (Lipinski definition) is 1. The third-order valence-electron chi connectivity index (χ3n) is 5.17. The fourth-order valence-electron chi connectivity index (χ4n) is 3.63. The standard InChI is InChI=1S/C27H25NO4/c1-4-31-25-16-26-23(24(17-32-26)19-9-8-12-21(14-19)30-3)15-22(25)18(2)13-27(29)28-20-10-6-5-7-11-20/h5-17H,4H2,1-3H3,(H,28,29)/b18-13+. The van der Waals surface area contributed by atoms with Crippen molar-refractivity contribution in [2.45, 2.75) is 13.8 Å². The molecule has 32 heavy (non-hydrogen) atoms. The second kappa shape index (κ2) is 9.43. The summed E-state index contributed by atoms with van der Waals surface area (Å²) < 4.78 is 17.1. The van der Waals surface area contributed by atoms with Crippen LogP contribution >= 0.6 is 0 Å². The first-order chi connectivity index (χ1) is 15.6. The van der Waals surface area contributed by atoms with Crippen LogP contribution in [0.25, 0.3) is 27.7 Å². The fraction of sp³-hybridized carbons (Fsp3) is 0.148. The Labute approximate surface area is 187 Å². The van der Waals surface area contributed by atoms with Gasteiger partial charge in [0.25, 0.3) is 0 Å². The maximum atomic E-state index is 12.6. The molecule has 4 rings (SSSR count). The number of carbonyl (C=O) groups excluding carboxylic acids is 1. The van der Waals surface area contributed by atoms with Crippen molar-refractivity contribution in [1.82, 2.24) is 0 Å². The maximum Gasteiger partial charge on any atom is 0.248 e. The van der Waals surface area contributed by atoms with Crippen molar-refractivity contribution in [3.63, 3.8) is 0 Å². The fourth-order valence-corrected chi connectivity index (χ4v) is 3.63. The summed E-state index contributed by atoms with van der Waals surface area (Å²) in [6.07, 6.45) is 3.32. The van der Waals surface area contributed by atoms with Crippen molar-refractivity contribution in [1.29, 1.82) is 0 Å². The normalized spacial score (nSPS) is 11.4. The molecular weight excluding hydrogens is 402 g/mol. The number of allylic oxidation sites excluding steroid dienone is 1. The lowest BCUT2D eigenvalue weighted by molar-refractivity contribution is -0.111. The topological polar surface area (TPSA) is 60.7 Å². The van der Waals surface area contributed by atoms with E-state index in [0.29, 0.717) is 12.4 Å². The number of carbonyl (C=O) groups is 1. The summed E-state index contributed by atoms with van der Waals surface area (Å²) >= 11 is 0. The van der Waals surface area contributed by atoms with Gasteiger partial charge < -0.3 is 19.2 Å². The van der Waals surface area contributed by atoms with Crippen LogP contribution in [-0.2, 0) is 4.79 Å².